The molecular weight excluding hydrogens is 559 g/mol. The highest BCUT2D eigenvalue weighted by Gasteiger charge is 2.30. The number of methoxy groups -OCH3 is 2. The number of nitrogens with zero attached hydrogens (tertiary/aromatic N) is 3. The lowest BCUT2D eigenvalue weighted by Gasteiger charge is -2.23. The second kappa shape index (κ2) is 13.1. The van der Waals surface area contributed by atoms with Crippen molar-refractivity contribution in [3.63, 3.8) is 0 Å². The van der Waals surface area contributed by atoms with Gasteiger partial charge in [-0.2, -0.15) is 0 Å². The molecule has 42 heavy (non-hydrogen) atoms. The summed E-state index contributed by atoms with van der Waals surface area (Å²) < 4.78 is 10.2. The average Bonchev–Trinajstić information content (AvgIpc) is 3.68. The number of ether oxygens (including phenoxy) is 2. The Labute approximate surface area is 249 Å². The zero-order valence-corrected chi connectivity index (χ0v) is 23.5. The molecule has 0 aliphatic heterocycles. The third-order valence-corrected chi connectivity index (χ3v) is 6.86. The summed E-state index contributed by atoms with van der Waals surface area (Å²) in [4.78, 5) is 53.7. The highest BCUT2D eigenvalue weighted by atomic mass is 32.1. The van der Waals surface area contributed by atoms with Crippen LogP contribution >= 0.6 is 11.3 Å². The Kier molecular flexibility index (Phi) is 9.50. The number of hydrogen-bond donors (Lipinski definition) is 4. The molecule has 2 heterocycles. The first kappa shape index (κ1) is 30.6. The Bertz CT molecular complexity index is 1510. The number of carbonyl (C=O) groups is 4. The lowest BCUT2D eigenvalue weighted by atomic mass is 9.49. The summed E-state index contributed by atoms with van der Waals surface area (Å²) in [6.07, 6.45) is 3.02. The molecule has 0 spiro atoms. The Morgan fingerprint density at radius 3 is 2.50 bits per heavy atom. The van der Waals surface area contributed by atoms with Crippen LogP contribution in [0.4, 0.5) is 17.2 Å². The molecular formula is C25H24B3N7O6S. The summed E-state index contributed by atoms with van der Waals surface area (Å²) in [6.45, 7) is 0.111. The van der Waals surface area contributed by atoms with Crippen molar-refractivity contribution in [3.8, 4) is 16.3 Å². The number of hydrogen-bond acceptors (Lipinski definition) is 11. The summed E-state index contributed by atoms with van der Waals surface area (Å²) >= 11 is 1.11. The van der Waals surface area contributed by atoms with E-state index in [1.165, 1.54) is 26.5 Å². The van der Waals surface area contributed by atoms with Gasteiger partial charge in [0.25, 0.3) is 11.8 Å². The van der Waals surface area contributed by atoms with Crippen molar-refractivity contribution < 1.29 is 28.7 Å². The monoisotopic (exact) mass is 583 g/mol. The number of benzene rings is 1. The van der Waals surface area contributed by atoms with E-state index in [1.807, 2.05) is 0 Å². The minimum atomic E-state index is -2.03. The van der Waals surface area contributed by atoms with E-state index in [0.717, 1.165) is 24.2 Å². The number of carbonyl (C=O) groups excluding carboxylic acids is 4. The van der Waals surface area contributed by atoms with Crippen LogP contribution in [0.1, 0.15) is 39.4 Å². The van der Waals surface area contributed by atoms with Gasteiger partial charge < -0.3 is 30.7 Å². The Balaban J connectivity index is 1.62. The smallest absolute Gasteiger partial charge is 0.307 e. The summed E-state index contributed by atoms with van der Waals surface area (Å²) in [5.74, 6) is -1.50. The van der Waals surface area contributed by atoms with E-state index in [4.69, 9.17) is 28.3 Å². The van der Waals surface area contributed by atoms with Crippen molar-refractivity contribution in [1.82, 2.24) is 25.8 Å². The molecule has 3 aromatic rings. The fraction of sp³-hybridized carbons (Fsp3) is 0.320. The minimum absolute atomic E-state index is 0.0358. The first-order valence-corrected chi connectivity index (χ1v) is 13.4. The summed E-state index contributed by atoms with van der Waals surface area (Å²) in [5.41, 5.74) is 0.868. The van der Waals surface area contributed by atoms with Crippen LogP contribution in [0, 0.1) is 5.92 Å². The Hall–Kier alpha value is -4.40. The largest absolute Gasteiger partial charge is 0.494 e. The molecule has 1 fully saturated rings. The van der Waals surface area contributed by atoms with Gasteiger partial charge in [0.05, 0.1) is 67.3 Å². The molecule has 2 aromatic heterocycles. The third kappa shape index (κ3) is 7.87. The molecule has 3 amide bonds. The van der Waals surface area contributed by atoms with Gasteiger partial charge in [0.15, 0.2) is 17.3 Å². The van der Waals surface area contributed by atoms with E-state index in [1.54, 1.807) is 18.2 Å². The van der Waals surface area contributed by atoms with Crippen molar-refractivity contribution in [2.24, 2.45) is 5.92 Å². The van der Waals surface area contributed by atoms with Crippen LogP contribution < -0.4 is 26.0 Å². The van der Waals surface area contributed by atoms with Crippen molar-refractivity contribution in [3.05, 3.63) is 41.0 Å². The number of aromatic nitrogens is 3. The zero-order valence-electron chi connectivity index (χ0n) is 22.7. The topological polar surface area (TPSA) is 174 Å². The summed E-state index contributed by atoms with van der Waals surface area (Å²) in [6, 6.07) is 6.57. The maximum atomic E-state index is 12.9. The van der Waals surface area contributed by atoms with Gasteiger partial charge in [-0.05, 0) is 25.0 Å². The van der Waals surface area contributed by atoms with Crippen LogP contribution in [-0.4, -0.2) is 88.4 Å². The second-order valence-corrected chi connectivity index (χ2v) is 10.3. The lowest BCUT2D eigenvalue weighted by molar-refractivity contribution is -0.140. The number of thiazole rings is 1. The average molecular weight is 583 g/mol. The van der Waals surface area contributed by atoms with Gasteiger partial charge in [0.2, 0.25) is 5.91 Å². The predicted molar refractivity (Wildman–Crippen MR) is 157 cm³/mol. The van der Waals surface area contributed by atoms with E-state index in [-0.39, 0.29) is 42.0 Å². The molecule has 6 radical (unpaired) electrons. The van der Waals surface area contributed by atoms with Crippen LogP contribution in [-0.2, 0) is 14.3 Å². The second-order valence-electron chi connectivity index (χ2n) is 9.27. The molecule has 0 atom stereocenters. The van der Waals surface area contributed by atoms with Crippen LogP contribution in [0.5, 0.6) is 5.75 Å². The van der Waals surface area contributed by atoms with E-state index in [9.17, 15) is 19.2 Å². The standard InChI is InChI=1S/C25H24B3N7O6S/c1-40-18(36)8-9-29-22(38)16-11-30-24(42-16)13-4-3-5-14(20(13)41-2)31-15-10-17(32-21(37)12-6-7-12)34-35-19(15)23(39)33-25(26,27)28/h3-5,10-12H,6-9H2,1-2H3,(H,29,38)(H,33,39)(H2,31,32,34,37). The molecule has 4 rings (SSSR count). The van der Waals surface area contributed by atoms with E-state index in [0.29, 0.717) is 26.9 Å². The molecule has 17 heteroatoms. The molecule has 13 nitrogen and oxygen atoms in total. The molecule has 0 unspecified atom stereocenters. The number of anilines is 3. The predicted octanol–water partition coefficient (Wildman–Crippen LogP) is 0.840. The Morgan fingerprint density at radius 1 is 1.07 bits per heavy atom. The fourth-order valence-electron chi connectivity index (χ4n) is 3.69. The lowest BCUT2D eigenvalue weighted by Crippen LogP contribution is -2.50. The van der Waals surface area contributed by atoms with Crippen LogP contribution in [0.3, 0.4) is 0 Å². The van der Waals surface area contributed by atoms with Crippen molar-refractivity contribution in [2.75, 3.05) is 31.4 Å². The zero-order chi connectivity index (χ0) is 30.4. The fourth-order valence-corrected chi connectivity index (χ4v) is 4.54. The van der Waals surface area contributed by atoms with E-state index in [2.05, 4.69) is 41.2 Å². The van der Waals surface area contributed by atoms with Gasteiger partial charge in [-0.3, -0.25) is 19.2 Å². The molecule has 210 valence electrons. The van der Waals surface area contributed by atoms with Crippen molar-refractivity contribution in [1.29, 1.82) is 0 Å². The van der Waals surface area contributed by atoms with Gasteiger partial charge in [0, 0.05) is 18.5 Å². The number of esters is 1. The molecule has 4 N–H and O–H groups in total. The van der Waals surface area contributed by atoms with Crippen LogP contribution in [0.25, 0.3) is 10.6 Å². The number of nitrogens with one attached hydrogen (secondary N) is 4. The highest BCUT2D eigenvalue weighted by Crippen LogP contribution is 2.40. The summed E-state index contributed by atoms with van der Waals surface area (Å²) in [5, 5.41) is 17.0. The number of para-hydroxylation sites is 1. The summed E-state index contributed by atoms with van der Waals surface area (Å²) in [7, 11) is 19.3. The van der Waals surface area contributed by atoms with Gasteiger partial charge in [-0.1, -0.05) is 11.3 Å². The van der Waals surface area contributed by atoms with Gasteiger partial charge in [0.1, 0.15) is 9.88 Å². The maximum Gasteiger partial charge on any atom is 0.307 e. The van der Waals surface area contributed by atoms with Crippen molar-refractivity contribution >= 4 is 75.8 Å². The SMILES string of the molecule is [B]C([B])([B])NC(=O)c1nnc(NC(=O)C2CC2)cc1Nc1cccc(-c2ncc(C(=O)NCCC(=O)OC)s2)c1OC. The van der Waals surface area contributed by atoms with Crippen molar-refractivity contribution in [2.45, 2.75) is 24.5 Å². The third-order valence-electron chi connectivity index (χ3n) is 5.83. The Morgan fingerprint density at radius 2 is 1.83 bits per heavy atom. The quantitative estimate of drug-likeness (QED) is 0.177. The van der Waals surface area contributed by atoms with E-state index >= 15 is 0 Å². The molecule has 1 aliphatic rings. The van der Waals surface area contributed by atoms with E-state index < -0.39 is 23.0 Å². The van der Waals surface area contributed by atoms with Gasteiger partial charge in [-0.15, -0.1) is 21.5 Å². The normalized spacial score (nSPS) is 12.6. The molecule has 1 aromatic carbocycles. The van der Waals surface area contributed by atoms with Gasteiger partial charge >= 0.3 is 5.97 Å². The maximum absolute atomic E-state index is 12.9. The number of rotatable bonds is 12. The molecule has 0 bridgehead atoms. The molecule has 1 saturated carbocycles. The molecule has 1 aliphatic carbocycles. The minimum Gasteiger partial charge on any atom is -0.494 e. The van der Waals surface area contributed by atoms with Crippen LogP contribution in [0.2, 0.25) is 0 Å². The first-order valence-electron chi connectivity index (χ1n) is 12.6. The molecule has 0 saturated heterocycles. The van der Waals surface area contributed by atoms with Gasteiger partial charge in [-0.25, -0.2) is 4.98 Å². The van der Waals surface area contributed by atoms with Crippen LogP contribution in [0.15, 0.2) is 30.5 Å². The first-order chi connectivity index (χ1) is 20.0. The highest BCUT2D eigenvalue weighted by molar-refractivity contribution is 7.17. The number of amides is 3.